The third-order valence-electron chi connectivity index (χ3n) is 2.46. The van der Waals surface area contributed by atoms with Crippen LogP contribution in [0.25, 0.3) is 0 Å². The molecule has 0 bridgehead atoms. The fraction of sp³-hybridized carbons (Fsp3) is 0.333. The Kier molecular flexibility index (Phi) is 4.37. The number of anilines is 1. The maximum absolute atomic E-state index is 12.2. The summed E-state index contributed by atoms with van der Waals surface area (Å²) in [6.45, 7) is 3.07. The number of benzene rings is 1. The zero-order valence-electron chi connectivity index (χ0n) is 11.2. The summed E-state index contributed by atoms with van der Waals surface area (Å²) in [6.07, 6.45) is -0.150. The smallest absolute Gasteiger partial charge is 0.243 e. The van der Waals surface area contributed by atoms with Crippen molar-refractivity contribution in [3.05, 3.63) is 23.8 Å². The second kappa shape index (κ2) is 5.48. The van der Waals surface area contributed by atoms with Crippen LogP contribution in [0, 0.1) is 11.3 Å². The molecule has 7 nitrogen and oxygen atoms in total. The molecule has 1 aromatic carbocycles. The molecule has 5 N–H and O–H groups in total. The highest BCUT2D eigenvalue weighted by Crippen LogP contribution is 2.22. The molecule has 0 atom stereocenters. The van der Waals surface area contributed by atoms with Crippen LogP contribution >= 0.6 is 0 Å². The number of rotatable bonds is 5. The van der Waals surface area contributed by atoms with Crippen molar-refractivity contribution in [2.24, 2.45) is 5.73 Å². The van der Waals surface area contributed by atoms with E-state index in [1.807, 2.05) is 6.07 Å². The first-order valence-electron chi connectivity index (χ1n) is 5.69. The lowest BCUT2D eigenvalue weighted by molar-refractivity contribution is -0.119. The van der Waals surface area contributed by atoms with E-state index in [0.717, 1.165) is 0 Å². The molecular formula is C12H16N4O3S. The molecule has 0 aliphatic heterocycles. The van der Waals surface area contributed by atoms with Gasteiger partial charge in [0.1, 0.15) is 4.90 Å². The van der Waals surface area contributed by atoms with Crippen LogP contribution in [-0.2, 0) is 14.8 Å². The number of nitriles is 1. The quantitative estimate of drug-likeness (QED) is 0.660. The van der Waals surface area contributed by atoms with Crippen molar-refractivity contribution in [2.45, 2.75) is 30.7 Å². The summed E-state index contributed by atoms with van der Waals surface area (Å²) in [6, 6.07) is 5.74. The molecule has 0 radical (unpaired) electrons. The second-order valence-corrected chi connectivity index (χ2v) is 6.65. The minimum absolute atomic E-state index is 0.0357. The van der Waals surface area contributed by atoms with Crippen molar-refractivity contribution in [2.75, 3.05) is 5.73 Å². The summed E-state index contributed by atoms with van der Waals surface area (Å²) in [5.74, 6) is -0.620. The fourth-order valence-electron chi connectivity index (χ4n) is 1.75. The highest BCUT2D eigenvalue weighted by Gasteiger charge is 2.29. The van der Waals surface area contributed by atoms with Gasteiger partial charge in [0.05, 0.1) is 17.3 Å². The lowest BCUT2D eigenvalue weighted by Gasteiger charge is -2.24. The van der Waals surface area contributed by atoms with Gasteiger partial charge in [-0.2, -0.15) is 5.26 Å². The first kappa shape index (κ1) is 15.9. The van der Waals surface area contributed by atoms with Crippen LogP contribution in [0.4, 0.5) is 5.69 Å². The number of sulfonamides is 1. The van der Waals surface area contributed by atoms with Crippen LogP contribution in [0.1, 0.15) is 25.8 Å². The van der Waals surface area contributed by atoms with Crippen molar-refractivity contribution in [3.63, 3.8) is 0 Å². The number of hydrogen-bond donors (Lipinski definition) is 3. The molecule has 0 aromatic heterocycles. The summed E-state index contributed by atoms with van der Waals surface area (Å²) in [5.41, 5.74) is 9.90. The Morgan fingerprint density at radius 3 is 2.50 bits per heavy atom. The van der Waals surface area contributed by atoms with E-state index in [1.54, 1.807) is 0 Å². The Bertz CT molecular complexity index is 674. The van der Waals surface area contributed by atoms with Crippen molar-refractivity contribution in [1.82, 2.24) is 4.72 Å². The maximum Gasteiger partial charge on any atom is 0.243 e. The number of primary amides is 1. The average Bonchev–Trinajstić information content (AvgIpc) is 2.24. The van der Waals surface area contributed by atoms with E-state index in [9.17, 15) is 13.2 Å². The van der Waals surface area contributed by atoms with Gasteiger partial charge in [-0.1, -0.05) is 0 Å². The number of nitrogens with zero attached hydrogens (tertiary/aromatic N) is 1. The van der Waals surface area contributed by atoms with Crippen LogP contribution in [0.5, 0.6) is 0 Å². The van der Waals surface area contributed by atoms with Gasteiger partial charge in [-0.15, -0.1) is 0 Å². The molecule has 108 valence electrons. The van der Waals surface area contributed by atoms with Crippen LogP contribution in [0.15, 0.2) is 23.1 Å². The first-order valence-corrected chi connectivity index (χ1v) is 7.17. The summed E-state index contributed by atoms with van der Waals surface area (Å²) >= 11 is 0. The predicted molar refractivity (Wildman–Crippen MR) is 73.8 cm³/mol. The molecule has 0 unspecified atom stereocenters. The van der Waals surface area contributed by atoms with E-state index in [1.165, 1.54) is 32.0 Å². The molecule has 0 saturated carbocycles. The van der Waals surface area contributed by atoms with Crippen LogP contribution in [0.2, 0.25) is 0 Å². The Labute approximate surface area is 117 Å². The summed E-state index contributed by atoms with van der Waals surface area (Å²) in [4.78, 5) is 10.8. The molecular weight excluding hydrogens is 280 g/mol. The van der Waals surface area contributed by atoms with E-state index in [-0.39, 0.29) is 22.6 Å². The number of nitrogens with two attached hydrogens (primary N) is 2. The lowest BCUT2D eigenvalue weighted by Crippen LogP contribution is -2.46. The zero-order chi connectivity index (χ0) is 15.6. The molecule has 0 saturated heterocycles. The fourth-order valence-corrected chi connectivity index (χ4v) is 3.28. The largest absolute Gasteiger partial charge is 0.398 e. The third kappa shape index (κ3) is 3.94. The summed E-state index contributed by atoms with van der Waals surface area (Å²) in [7, 11) is -3.91. The number of nitrogens with one attached hydrogen (secondary N) is 1. The molecule has 1 rings (SSSR count). The van der Waals surface area contributed by atoms with Gasteiger partial charge in [0.15, 0.2) is 0 Å². The lowest BCUT2D eigenvalue weighted by atomic mass is 10.0. The minimum Gasteiger partial charge on any atom is -0.398 e. The molecule has 0 aliphatic carbocycles. The van der Waals surface area contributed by atoms with Gasteiger partial charge in [-0.25, -0.2) is 13.1 Å². The average molecular weight is 296 g/mol. The molecule has 0 heterocycles. The normalized spacial score (nSPS) is 11.8. The number of carbonyl (C=O) groups is 1. The number of nitrogen functional groups attached to an aromatic ring is 1. The van der Waals surface area contributed by atoms with E-state index in [2.05, 4.69) is 4.72 Å². The highest BCUT2D eigenvalue weighted by atomic mass is 32.2. The molecule has 0 fully saturated rings. The van der Waals surface area contributed by atoms with E-state index >= 15 is 0 Å². The SMILES string of the molecule is CC(C)(CC(N)=O)NS(=O)(=O)c1ccc(C#N)cc1N. The zero-order valence-corrected chi connectivity index (χ0v) is 12.0. The van der Waals surface area contributed by atoms with Gasteiger partial charge in [0.2, 0.25) is 15.9 Å². The van der Waals surface area contributed by atoms with Crippen molar-refractivity contribution >= 4 is 21.6 Å². The highest BCUT2D eigenvalue weighted by molar-refractivity contribution is 7.89. The Morgan fingerprint density at radius 1 is 1.45 bits per heavy atom. The molecule has 8 heteroatoms. The van der Waals surface area contributed by atoms with E-state index in [4.69, 9.17) is 16.7 Å². The van der Waals surface area contributed by atoms with E-state index in [0.29, 0.717) is 0 Å². The van der Waals surface area contributed by atoms with Crippen molar-refractivity contribution in [3.8, 4) is 6.07 Å². The van der Waals surface area contributed by atoms with Crippen LogP contribution in [0.3, 0.4) is 0 Å². The molecule has 0 spiro atoms. The van der Waals surface area contributed by atoms with Gasteiger partial charge in [-0.05, 0) is 32.0 Å². The van der Waals surface area contributed by atoms with Gasteiger partial charge >= 0.3 is 0 Å². The number of carbonyl (C=O) groups excluding carboxylic acids is 1. The molecule has 1 aromatic rings. The van der Waals surface area contributed by atoms with Gasteiger partial charge in [0.25, 0.3) is 0 Å². The van der Waals surface area contributed by atoms with Crippen molar-refractivity contribution in [1.29, 1.82) is 5.26 Å². The van der Waals surface area contributed by atoms with E-state index < -0.39 is 21.5 Å². The third-order valence-corrected chi connectivity index (χ3v) is 4.23. The Hall–Kier alpha value is -2.11. The monoisotopic (exact) mass is 296 g/mol. The van der Waals surface area contributed by atoms with Crippen molar-refractivity contribution < 1.29 is 13.2 Å². The predicted octanol–water partition coefficient (Wildman–Crippen LogP) is 0.0728. The Morgan fingerprint density at radius 2 is 2.05 bits per heavy atom. The van der Waals surface area contributed by atoms with Gasteiger partial charge in [-0.3, -0.25) is 4.79 Å². The first-order chi connectivity index (χ1) is 9.07. The molecule has 20 heavy (non-hydrogen) atoms. The van der Waals surface area contributed by atoms with Gasteiger partial charge < -0.3 is 11.5 Å². The number of hydrogen-bond acceptors (Lipinski definition) is 5. The summed E-state index contributed by atoms with van der Waals surface area (Å²) < 4.78 is 26.8. The molecule has 0 aliphatic rings. The van der Waals surface area contributed by atoms with Crippen LogP contribution in [-0.4, -0.2) is 19.9 Å². The van der Waals surface area contributed by atoms with Crippen LogP contribution < -0.4 is 16.2 Å². The van der Waals surface area contributed by atoms with Gasteiger partial charge in [0, 0.05) is 12.0 Å². The Balaban J connectivity index is 3.12. The number of amides is 1. The summed E-state index contributed by atoms with van der Waals surface area (Å²) in [5, 5.41) is 8.72. The maximum atomic E-state index is 12.2. The molecule has 1 amide bonds. The second-order valence-electron chi connectivity index (χ2n) is 5.00. The standard InChI is InChI=1S/C12H16N4O3S/c1-12(2,6-11(15)17)16-20(18,19)10-4-3-8(7-13)5-9(10)14/h3-5,16H,6,14H2,1-2H3,(H2,15,17). The topological polar surface area (TPSA) is 139 Å². The minimum atomic E-state index is -3.91.